The molecular formula is C20H22N2O4S. The van der Waals surface area contributed by atoms with Gasteiger partial charge in [0.2, 0.25) is 0 Å². The number of benzene rings is 1. The third-order valence-electron chi connectivity index (χ3n) is 4.59. The fourth-order valence-electron chi connectivity index (χ4n) is 3.22. The summed E-state index contributed by atoms with van der Waals surface area (Å²) in [6, 6.07) is 5.34. The van der Waals surface area contributed by atoms with E-state index in [9.17, 15) is 9.59 Å². The van der Waals surface area contributed by atoms with Gasteiger partial charge in [-0.15, -0.1) is 6.58 Å². The van der Waals surface area contributed by atoms with Crippen molar-refractivity contribution in [2.75, 3.05) is 13.7 Å². The predicted octanol–water partition coefficient (Wildman–Crippen LogP) is 2.83. The summed E-state index contributed by atoms with van der Waals surface area (Å²) in [7, 11) is 1.58. The number of amides is 2. The van der Waals surface area contributed by atoms with Gasteiger partial charge in [-0.1, -0.05) is 12.1 Å². The third kappa shape index (κ3) is 4.19. The Hall–Kier alpha value is -2.67. The Balaban J connectivity index is 1.90. The molecule has 0 spiro atoms. The van der Waals surface area contributed by atoms with E-state index in [1.807, 2.05) is 0 Å². The number of hydrogen-bond acceptors (Lipinski definition) is 5. The van der Waals surface area contributed by atoms with E-state index in [4.69, 9.17) is 21.7 Å². The van der Waals surface area contributed by atoms with E-state index >= 15 is 0 Å². The van der Waals surface area contributed by atoms with Crippen LogP contribution in [0.1, 0.15) is 31.2 Å². The fraction of sp³-hybridized carbons (Fsp3) is 0.350. The summed E-state index contributed by atoms with van der Waals surface area (Å²) in [5.41, 5.74) is 0.691. The second-order valence-corrected chi connectivity index (χ2v) is 6.84. The molecule has 0 aromatic heterocycles. The summed E-state index contributed by atoms with van der Waals surface area (Å²) >= 11 is 5.06. The molecule has 27 heavy (non-hydrogen) atoms. The Kier molecular flexibility index (Phi) is 5.91. The van der Waals surface area contributed by atoms with Crippen molar-refractivity contribution >= 4 is 35.2 Å². The number of methoxy groups -OCH3 is 1. The van der Waals surface area contributed by atoms with Crippen LogP contribution in [-0.4, -0.2) is 41.6 Å². The summed E-state index contributed by atoms with van der Waals surface area (Å²) in [6.45, 7) is 3.85. The molecular weight excluding hydrogens is 364 g/mol. The highest BCUT2D eigenvalue weighted by Crippen LogP contribution is 2.33. The van der Waals surface area contributed by atoms with E-state index in [1.54, 1.807) is 31.4 Å². The Morgan fingerprint density at radius 2 is 2.04 bits per heavy atom. The number of carbonyl (C=O) groups is 2. The zero-order valence-electron chi connectivity index (χ0n) is 15.2. The fourth-order valence-corrected chi connectivity index (χ4v) is 3.47. The highest BCUT2D eigenvalue weighted by Gasteiger charge is 2.32. The van der Waals surface area contributed by atoms with Crippen LogP contribution in [0.4, 0.5) is 0 Å². The molecule has 3 rings (SSSR count). The van der Waals surface area contributed by atoms with Crippen LogP contribution in [0.25, 0.3) is 6.08 Å². The average molecular weight is 386 g/mol. The number of rotatable bonds is 6. The molecule has 2 amide bonds. The first kappa shape index (κ1) is 19.1. The molecule has 0 unspecified atom stereocenters. The van der Waals surface area contributed by atoms with E-state index in [0.29, 0.717) is 17.1 Å². The second kappa shape index (κ2) is 8.35. The Morgan fingerprint density at radius 3 is 2.70 bits per heavy atom. The van der Waals surface area contributed by atoms with Crippen molar-refractivity contribution < 1.29 is 19.1 Å². The summed E-state index contributed by atoms with van der Waals surface area (Å²) in [5.74, 6) is 0.274. The average Bonchev–Trinajstić information content (AvgIpc) is 3.15. The highest BCUT2D eigenvalue weighted by atomic mass is 32.1. The minimum Gasteiger partial charge on any atom is -0.493 e. The SMILES string of the molecule is C=CCN1C(=O)C(=Cc2ccc(OC)c(OC3CCCC3)c2)C(=O)NC1=S. The highest BCUT2D eigenvalue weighted by molar-refractivity contribution is 7.80. The molecule has 2 aliphatic rings. The van der Waals surface area contributed by atoms with Crippen LogP contribution in [0.2, 0.25) is 0 Å². The van der Waals surface area contributed by atoms with Crippen molar-refractivity contribution in [1.82, 2.24) is 10.2 Å². The van der Waals surface area contributed by atoms with Crippen molar-refractivity contribution in [3.8, 4) is 11.5 Å². The Labute approximate surface area is 163 Å². The van der Waals surface area contributed by atoms with Crippen molar-refractivity contribution in [1.29, 1.82) is 0 Å². The third-order valence-corrected chi connectivity index (χ3v) is 4.91. The standard InChI is InChI=1S/C20H22N2O4S/c1-3-10-22-19(24)15(18(23)21-20(22)27)11-13-8-9-16(25-2)17(12-13)26-14-6-4-5-7-14/h3,8-9,11-12,14H,1,4-7,10H2,2H3,(H,21,23,27). The largest absolute Gasteiger partial charge is 0.493 e. The first-order chi connectivity index (χ1) is 13.0. The van der Waals surface area contributed by atoms with Gasteiger partial charge in [0.25, 0.3) is 11.8 Å². The molecule has 1 aromatic carbocycles. The van der Waals surface area contributed by atoms with Gasteiger partial charge in [0.1, 0.15) is 5.57 Å². The molecule has 1 saturated heterocycles. The zero-order chi connectivity index (χ0) is 19.4. The van der Waals surface area contributed by atoms with Gasteiger partial charge in [0.15, 0.2) is 16.6 Å². The predicted molar refractivity (Wildman–Crippen MR) is 107 cm³/mol. The topological polar surface area (TPSA) is 67.9 Å². The first-order valence-corrected chi connectivity index (χ1v) is 9.28. The van der Waals surface area contributed by atoms with Gasteiger partial charge in [-0.3, -0.25) is 19.8 Å². The van der Waals surface area contributed by atoms with Crippen molar-refractivity contribution in [3.63, 3.8) is 0 Å². The van der Waals surface area contributed by atoms with Gasteiger partial charge >= 0.3 is 0 Å². The number of nitrogens with one attached hydrogen (secondary N) is 1. The lowest BCUT2D eigenvalue weighted by Crippen LogP contribution is -2.53. The molecule has 1 aromatic rings. The summed E-state index contributed by atoms with van der Waals surface area (Å²) < 4.78 is 11.5. The lowest BCUT2D eigenvalue weighted by molar-refractivity contribution is -0.128. The summed E-state index contributed by atoms with van der Waals surface area (Å²) in [4.78, 5) is 26.2. The Bertz CT molecular complexity index is 812. The maximum absolute atomic E-state index is 12.6. The molecule has 1 heterocycles. The number of hydrogen-bond donors (Lipinski definition) is 1. The minimum atomic E-state index is -0.514. The maximum Gasteiger partial charge on any atom is 0.265 e. The van der Waals surface area contributed by atoms with Crippen molar-refractivity contribution in [3.05, 3.63) is 42.0 Å². The number of thiocarbonyl (C=S) groups is 1. The van der Waals surface area contributed by atoms with Gasteiger partial charge in [-0.2, -0.15) is 0 Å². The number of nitrogens with zero attached hydrogens (tertiary/aromatic N) is 1. The molecule has 1 aliphatic heterocycles. The maximum atomic E-state index is 12.6. The lowest BCUT2D eigenvalue weighted by Gasteiger charge is -2.27. The quantitative estimate of drug-likeness (QED) is 0.352. The molecule has 0 bridgehead atoms. The summed E-state index contributed by atoms with van der Waals surface area (Å²) in [5, 5.41) is 2.62. The molecule has 1 N–H and O–H groups in total. The van der Waals surface area contributed by atoms with Crippen LogP contribution in [-0.2, 0) is 9.59 Å². The van der Waals surface area contributed by atoms with Gasteiger partial charge in [0.05, 0.1) is 13.2 Å². The van der Waals surface area contributed by atoms with Crippen molar-refractivity contribution in [2.45, 2.75) is 31.8 Å². The van der Waals surface area contributed by atoms with Crippen LogP contribution in [0.15, 0.2) is 36.4 Å². The number of ether oxygens (including phenoxy) is 2. The molecule has 1 saturated carbocycles. The van der Waals surface area contributed by atoms with E-state index in [-0.39, 0.29) is 23.3 Å². The van der Waals surface area contributed by atoms with E-state index < -0.39 is 11.8 Å². The van der Waals surface area contributed by atoms with Gasteiger partial charge < -0.3 is 9.47 Å². The minimum absolute atomic E-state index is 0.0161. The van der Waals surface area contributed by atoms with E-state index in [0.717, 1.165) is 25.7 Å². The first-order valence-electron chi connectivity index (χ1n) is 8.88. The van der Waals surface area contributed by atoms with Crippen molar-refractivity contribution in [2.24, 2.45) is 0 Å². The molecule has 6 nitrogen and oxygen atoms in total. The molecule has 2 fully saturated rings. The van der Waals surface area contributed by atoms with Gasteiger partial charge in [0, 0.05) is 6.54 Å². The molecule has 0 atom stereocenters. The van der Waals surface area contributed by atoms with E-state index in [2.05, 4.69) is 11.9 Å². The van der Waals surface area contributed by atoms with Crippen LogP contribution in [0.5, 0.6) is 11.5 Å². The van der Waals surface area contributed by atoms with Gasteiger partial charge in [-0.05, 0) is 61.7 Å². The molecule has 1 aliphatic carbocycles. The van der Waals surface area contributed by atoms with Gasteiger partial charge in [-0.25, -0.2) is 0 Å². The number of carbonyl (C=O) groups excluding carboxylic acids is 2. The summed E-state index contributed by atoms with van der Waals surface area (Å²) in [6.07, 6.45) is 7.61. The van der Waals surface area contributed by atoms with Crippen LogP contribution < -0.4 is 14.8 Å². The van der Waals surface area contributed by atoms with Crippen LogP contribution in [0, 0.1) is 0 Å². The van der Waals surface area contributed by atoms with E-state index in [1.165, 1.54) is 11.0 Å². The normalized spacial score (nSPS) is 19.4. The second-order valence-electron chi connectivity index (χ2n) is 6.46. The van der Waals surface area contributed by atoms with Crippen LogP contribution in [0.3, 0.4) is 0 Å². The lowest BCUT2D eigenvalue weighted by atomic mass is 10.1. The van der Waals surface area contributed by atoms with Crippen LogP contribution >= 0.6 is 12.2 Å². The monoisotopic (exact) mass is 386 g/mol. The zero-order valence-corrected chi connectivity index (χ0v) is 16.0. The smallest absolute Gasteiger partial charge is 0.265 e. The molecule has 7 heteroatoms. The molecule has 142 valence electrons. The Morgan fingerprint density at radius 1 is 1.30 bits per heavy atom. The molecule has 0 radical (unpaired) electrons.